The maximum atomic E-state index is 11.1. The number of hydrogen-bond donors (Lipinski definition) is 0. The molecule has 3 aromatic rings. The summed E-state index contributed by atoms with van der Waals surface area (Å²) in [5, 5.41) is 11.1. The van der Waals surface area contributed by atoms with E-state index in [9.17, 15) is 10.1 Å². The van der Waals surface area contributed by atoms with E-state index in [1.807, 2.05) is 42.5 Å². The average molecular weight is 365 g/mol. The molecule has 6 nitrogen and oxygen atoms in total. The molecular weight excluding hydrogens is 346 g/mol. The van der Waals surface area contributed by atoms with Gasteiger partial charge in [0.15, 0.2) is 0 Å². The lowest BCUT2D eigenvalue weighted by molar-refractivity contribution is -0.384. The molecule has 6 heteroatoms. The Bertz CT molecular complexity index is 894. The lowest BCUT2D eigenvalue weighted by Crippen LogP contribution is -2.09. The molecule has 138 valence electrons. The Kier molecular flexibility index (Phi) is 5.89. The highest BCUT2D eigenvalue weighted by atomic mass is 16.6. The zero-order valence-corrected chi connectivity index (χ0v) is 14.8. The Morgan fingerprint density at radius 2 is 1.56 bits per heavy atom. The second-order valence-electron chi connectivity index (χ2n) is 5.68. The van der Waals surface area contributed by atoms with Crippen LogP contribution < -0.4 is 14.2 Å². The van der Waals surface area contributed by atoms with Crippen molar-refractivity contribution in [3.8, 4) is 28.4 Å². The third-order valence-corrected chi connectivity index (χ3v) is 3.93. The number of nitro groups is 1. The fourth-order valence-corrected chi connectivity index (χ4v) is 2.58. The molecule has 3 aromatic carbocycles. The zero-order chi connectivity index (χ0) is 19.1. The Morgan fingerprint density at radius 1 is 0.852 bits per heavy atom. The molecule has 0 bridgehead atoms. The fourth-order valence-electron chi connectivity index (χ4n) is 2.58. The molecule has 27 heavy (non-hydrogen) atoms. The normalized spacial score (nSPS) is 10.3. The van der Waals surface area contributed by atoms with Crippen molar-refractivity contribution in [2.24, 2.45) is 0 Å². The molecule has 0 saturated heterocycles. The quantitative estimate of drug-likeness (QED) is 0.328. The van der Waals surface area contributed by atoms with Crippen molar-refractivity contribution < 1.29 is 19.1 Å². The SMILES string of the molecule is COc1ccc(-c2cc([N+](=O)[O-])ccc2OCCOc2ccccc2)cc1. The van der Waals surface area contributed by atoms with Crippen LogP contribution >= 0.6 is 0 Å². The number of benzene rings is 3. The Balaban J connectivity index is 1.75. The Morgan fingerprint density at radius 3 is 2.22 bits per heavy atom. The second kappa shape index (κ2) is 8.71. The predicted octanol–water partition coefficient (Wildman–Crippen LogP) is 4.73. The highest BCUT2D eigenvalue weighted by molar-refractivity contribution is 5.73. The summed E-state index contributed by atoms with van der Waals surface area (Å²) in [7, 11) is 1.59. The van der Waals surface area contributed by atoms with E-state index >= 15 is 0 Å². The van der Waals surface area contributed by atoms with Crippen LogP contribution in [0.1, 0.15) is 0 Å². The van der Waals surface area contributed by atoms with E-state index in [2.05, 4.69) is 0 Å². The molecule has 0 amide bonds. The van der Waals surface area contributed by atoms with E-state index in [4.69, 9.17) is 14.2 Å². The van der Waals surface area contributed by atoms with E-state index in [0.29, 0.717) is 30.3 Å². The van der Waals surface area contributed by atoms with Crippen LogP contribution in [0.3, 0.4) is 0 Å². The molecule has 0 aromatic heterocycles. The average Bonchev–Trinajstić information content (AvgIpc) is 2.72. The van der Waals surface area contributed by atoms with Gasteiger partial charge in [-0.25, -0.2) is 0 Å². The molecule has 0 aliphatic carbocycles. The molecule has 0 saturated carbocycles. The van der Waals surface area contributed by atoms with Crippen LogP contribution in [0.2, 0.25) is 0 Å². The fraction of sp³-hybridized carbons (Fsp3) is 0.143. The van der Waals surface area contributed by atoms with Gasteiger partial charge in [0.05, 0.1) is 12.0 Å². The molecule has 3 rings (SSSR count). The van der Waals surface area contributed by atoms with Gasteiger partial charge in [-0.05, 0) is 35.9 Å². The largest absolute Gasteiger partial charge is 0.497 e. The number of rotatable bonds is 8. The van der Waals surface area contributed by atoms with Gasteiger partial charge < -0.3 is 14.2 Å². The zero-order valence-electron chi connectivity index (χ0n) is 14.8. The first-order chi connectivity index (χ1) is 13.2. The van der Waals surface area contributed by atoms with Gasteiger partial charge in [-0.15, -0.1) is 0 Å². The van der Waals surface area contributed by atoms with Crippen LogP contribution in [0.4, 0.5) is 5.69 Å². The smallest absolute Gasteiger partial charge is 0.270 e. The molecule has 0 spiro atoms. The van der Waals surface area contributed by atoms with Crippen molar-refractivity contribution in [2.45, 2.75) is 0 Å². The van der Waals surface area contributed by atoms with Crippen LogP contribution in [-0.4, -0.2) is 25.2 Å². The summed E-state index contributed by atoms with van der Waals surface area (Å²) in [6, 6.07) is 21.3. The van der Waals surface area contributed by atoms with Crippen LogP contribution in [-0.2, 0) is 0 Å². The van der Waals surface area contributed by atoms with Gasteiger partial charge >= 0.3 is 0 Å². The van der Waals surface area contributed by atoms with Gasteiger partial charge in [0.2, 0.25) is 0 Å². The minimum atomic E-state index is -0.421. The second-order valence-corrected chi connectivity index (χ2v) is 5.68. The summed E-state index contributed by atoms with van der Waals surface area (Å²) in [5.74, 6) is 2.03. The third-order valence-electron chi connectivity index (χ3n) is 3.93. The number of hydrogen-bond acceptors (Lipinski definition) is 5. The van der Waals surface area contributed by atoms with Gasteiger partial charge in [-0.2, -0.15) is 0 Å². The molecular formula is C21H19NO5. The summed E-state index contributed by atoms with van der Waals surface area (Å²) in [5.41, 5.74) is 1.46. The molecule has 0 aliphatic rings. The van der Waals surface area contributed by atoms with Crippen molar-refractivity contribution in [3.05, 3.63) is 82.9 Å². The molecule has 0 fully saturated rings. The summed E-state index contributed by atoms with van der Waals surface area (Å²) < 4.78 is 16.6. The van der Waals surface area contributed by atoms with E-state index in [-0.39, 0.29) is 5.69 Å². The first-order valence-electron chi connectivity index (χ1n) is 8.41. The van der Waals surface area contributed by atoms with E-state index in [1.54, 1.807) is 25.3 Å². The molecule has 0 radical (unpaired) electrons. The number of ether oxygens (including phenoxy) is 3. The first kappa shape index (κ1) is 18.3. The molecule has 0 atom stereocenters. The number of methoxy groups -OCH3 is 1. The molecule has 0 N–H and O–H groups in total. The Hall–Kier alpha value is -3.54. The maximum Gasteiger partial charge on any atom is 0.270 e. The van der Waals surface area contributed by atoms with Crippen LogP contribution in [0.5, 0.6) is 17.2 Å². The van der Waals surface area contributed by atoms with Crippen LogP contribution in [0.25, 0.3) is 11.1 Å². The van der Waals surface area contributed by atoms with Crippen molar-refractivity contribution in [1.82, 2.24) is 0 Å². The predicted molar refractivity (Wildman–Crippen MR) is 103 cm³/mol. The van der Waals surface area contributed by atoms with E-state index < -0.39 is 4.92 Å². The molecule has 0 unspecified atom stereocenters. The van der Waals surface area contributed by atoms with E-state index in [1.165, 1.54) is 12.1 Å². The van der Waals surface area contributed by atoms with Crippen molar-refractivity contribution in [1.29, 1.82) is 0 Å². The van der Waals surface area contributed by atoms with Crippen LogP contribution in [0.15, 0.2) is 72.8 Å². The molecule has 0 heterocycles. The lowest BCUT2D eigenvalue weighted by atomic mass is 10.0. The highest BCUT2D eigenvalue weighted by Gasteiger charge is 2.14. The maximum absolute atomic E-state index is 11.1. The van der Waals surface area contributed by atoms with Gasteiger partial charge in [0, 0.05) is 17.7 Å². The standard InChI is InChI=1S/C21H19NO5/c1-25-18-10-7-16(8-11-18)20-15-17(22(23)24)9-12-21(20)27-14-13-26-19-5-3-2-4-6-19/h2-12,15H,13-14H2,1H3. The number of para-hydroxylation sites is 1. The highest BCUT2D eigenvalue weighted by Crippen LogP contribution is 2.34. The lowest BCUT2D eigenvalue weighted by Gasteiger charge is -2.13. The van der Waals surface area contributed by atoms with Crippen molar-refractivity contribution >= 4 is 5.69 Å². The topological polar surface area (TPSA) is 70.8 Å². The van der Waals surface area contributed by atoms with E-state index in [0.717, 1.165) is 11.3 Å². The van der Waals surface area contributed by atoms with Gasteiger partial charge in [-0.3, -0.25) is 10.1 Å². The summed E-state index contributed by atoms with van der Waals surface area (Å²) in [6.45, 7) is 0.679. The van der Waals surface area contributed by atoms with Gasteiger partial charge in [-0.1, -0.05) is 30.3 Å². The van der Waals surface area contributed by atoms with Crippen molar-refractivity contribution in [3.63, 3.8) is 0 Å². The summed E-state index contributed by atoms with van der Waals surface area (Å²) >= 11 is 0. The number of non-ortho nitro benzene ring substituents is 1. The third kappa shape index (κ3) is 4.76. The minimum absolute atomic E-state index is 0.00806. The van der Waals surface area contributed by atoms with Crippen LogP contribution in [0, 0.1) is 10.1 Å². The number of nitrogens with zero attached hydrogens (tertiary/aromatic N) is 1. The first-order valence-corrected chi connectivity index (χ1v) is 8.41. The number of nitro benzene ring substituents is 1. The van der Waals surface area contributed by atoms with Crippen molar-refractivity contribution in [2.75, 3.05) is 20.3 Å². The minimum Gasteiger partial charge on any atom is -0.497 e. The summed E-state index contributed by atoms with van der Waals surface area (Å²) in [4.78, 5) is 10.7. The summed E-state index contributed by atoms with van der Waals surface area (Å²) in [6.07, 6.45) is 0. The Labute approximate surface area is 157 Å². The van der Waals surface area contributed by atoms with Gasteiger partial charge in [0.25, 0.3) is 5.69 Å². The van der Waals surface area contributed by atoms with Gasteiger partial charge in [0.1, 0.15) is 30.5 Å². The monoisotopic (exact) mass is 365 g/mol. The molecule has 0 aliphatic heterocycles.